The largest absolute Gasteiger partial charge is 0.348 e. The van der Waals surface area contributed by atoms with E-state index < -0.39 is 0 Å². The van der Waals surface area contributed by atoms with Crippen LogP contribution in [0.2, 0.25) is 0 Å². The van der Waals surface area contributed by atoms with Gasteiger partial charge in [-0.1, -0.05) is 31.9 Å². The van der Waals surface area contributed by atoms with Gasteiger partial charge < -0.3 is 15.5 Å². The Balaban J connectivity index is 1.87. The van der Waals surface area contributed by atoms with Crippen LogP contribution < -0.4 is 15.5 Å². The number of nitrogens with one attached hydrogen (secondary N) is 3. The Morgan fingerprint density at radius 2 is 1.92 bits per heavy atom. The summed E-state index contributed by atoms with van der Waals surface area (Å²) in [6.07, 6.45) is 4.68. The molecule has 0 aliphatic heterocycles. The zero-order valence-corrected chi connectivity index (χ0v) is 16.8. The number of hydrogen-bond donors (Lipinski definition) is 3. The van der Waals surface area contributed by atoms with E-state index >= 15 is 0 Å². The first kappa shape index (κ1) is 20.4. The summed E-state index contributed by atoms with van der Waals surface area (Å²) in [6.45, 7) is 8.40. The molecular weight excluding hydrogens is 326 g/mol. The molecule has 1 fully saturated rings. The van der Waals surface area contributed by atoms with E-state index in [2.05, 4.69) is 17.6 Å². The van der Waals surface area contributed by atoms with Crippen LogP contribution in [0, 0.1) is 19.8 Å². The number of anilines is 1. The first-order valence-corrected chi connectivity index (χ1v) is 9.78. The standard InChI is InChI=1S/C21H33N3O2/c1-14-10-8-12-19(16(14)3)22-20(25)13-24(5)17(4)21(26)23-18-11-7-6-9-15(18)2/h8,10,12,15,17-18H,6-7,9,11,13H2,1-5H3,(H,22,25)(H,23,26)/p+1/t15-,17-,18+/m0/s1. The summed E-state index contributed by atoms with van der Waals surface area (Å²) in [4.78, 5) is 25.9. The van der Waals surface area contributed by atoms with Crippen molar-refractivity contribution in [3.63, 3.8) is 0 Å². The number of carbonyl (C=O) groups excluding carboxylic acids is 2. The molecule has 5 nitrogen and oxygen atoms in total. The molecule has 0 aromatic heterocycles. The third kappa shape index (κ3) is 5.31. The molecule has 1 unspecified atom stereocenters. The third-order valence-electron chi connectivity index (χ3n) is 5.89. The second-order valence-electron chi connectivity index (χ2n) is 7.92. The molecule has 1 saturated carbocycles. The zero-order valence-electron chi connectivity index (χ0n) is 16.8. The topological polar surface area (TPSA) is 62.6 Å². The van der Waals surface area contributed by atoms with Gasteiger partial charge in [-0.3, -0.25) is 9.59 Å². The van der Waals surface area contributed by atoms with Crippen molar-refractivity contribution >= 4 is 17.5 Å². The number of benzene rings is 1. The average molecular weight is 361 g/mol. The molecule has 26 heavy (non-hydrogen) atoms. The quantitative estimate of drug-likeness (QED) is 0.725. The second kappa shape index (κ2) is 9.17. The minimum Gasteiger partial charge on any atom is -0.348 e. The van der Waals surface area contributed by atoms with Gasteiger partial charge >= 0.3 is 0 Å². The number of quaternary nitrogens is 1. The summed E-state index contributed by atoms with van der Waals surface area (Å²) in [5.74, 6) is 0.510. The van der Waals surface area contributed by atoms with Gasteiger partial charge in [-0.25, -0.2) is 0 Å². The highest BCUT2D eigenvalue weighted by Gasteiger charge is 2.29. The predicted molar refractivity (Wildman–Crippen MR) is 105 cm³/mol. The van der Waals surface area contributed by atoms with Crippen molar-refractivity contribution in [2.24, 2.45) is 5.92 Å². The van der Waals surface area contributed by atoms with Gasteiger partial charge in [-0.05, 0) is 56.7 Å². The van der Waals surface area contributed by atoms with Crippen molar-refractivity contribution in [1.29, 1.82) is 0 Å². The third-order valence-corrected chi connectivity index (χ3v) is 5.89. The predicted octanol–water partition coefficient (Wildman–Crippen LogP) is 1.84. The van der Waals surface area contributed by atoms with Crippen LogP contribution in [-0.2, 0) is 9.59 Å². The van der Waals surface area contributed by atoms with Crippen molar-refractivity contribution < 1.29 is 14.5 Å². The minimum atomic E-state index is -0.256. The molecule has 1 aliphatic rings. The first-order valence-electron chi connectivity index (χ1n) is 9.78. The van der Waals surface area contributed by atoms with E-state index in [1.165, 1.54) is 19.3 Å². The molecule has 2 amide bonds. The van der Waals surface area contributed by atoms with Crippen LogP contribution >= 0.6 is 0 Å². The van der Waals surface area contributed by atoms with Gasteiger partial charge in [0.2, 0.25) is 0 Å². The lowest BCUT2D eigenvalue weighted by Crippen LogP contribution is -3.15. The van der Waals surface area contributed by atoms with Crippen LogP contribution in [-0.4, -0.2) is 37.5 Å². The molecule has 1 aromatic carbocycles. The Kier molecular flexibility index (Phi) is 7.21. The second-order valence-corrected chi connectivity index (χ2v) is 7.92. The molecule has 1 aromatic rings. The van der Waals surface area contributed by atoms with E-state index in [0.29, 0.717) is 5.92 Å². The maximum atomic E-state index is 12.6. The van der Waals surface area contributed by atoms with Crippen LogP contribution in [0.15, 0.2) is 18.2 Å². The van der Waals surface area contributed by atoms with E-state index in [4.69, 9.17) is 0 Å². The van der Waals surface area contributed by atoms with Crippen molar-refractivity contribution in [2.75, 3.05) is 18.9 Å². The van der Waals surface area contributed by atoms with Gasteiger partial charge in [0.05, 0.1) is 7.05 Å². The van der Waals surface area contributed by atoms with Crippen molar-refractivity contribution in [3.8, 4) is 0 Å². The Labute approximate surface area is 157 Å². The summed E-state index contributed by atoms with van der Waals surface area (Å²) in [6, 6.07) is 5.90. The van der Waals surface area contributed by atoms with E-state index in [1.54, 1.807) is 0 Å². The molecule has 0 saturated heterocycles. The maximum Gasteiger partial charge on any atom is 0.279 e. The fourth-order valence-corrected chi connectivity index (χ4v) is 3.55. The normalized spacial score (nSPS) is 22.3. The lowest BCUT2D eigenvalue weighted by molar-refractivity contribution is -0.885. The van der Waals surface area contributed by atoms with Gasteiger partial charge in [0.1, 0.15) is 0 Å². The zero-order chi connectivity index (χ0) is 19.3. The van der Waals surface area contributed by atoms with Crippen LogP contribution in [0.3, 0.4) is 0 Å². The summed E-state index contributed by atoms with van der Waals surface area (Å²) in [5, 5.41) is 6.17. The Morgan fingerprint density at radius 3 is 2.62 bits per heavy atom. The Bertz CT molecular complexity index is 644. The number of carbonyl (C=O) groups is 2. The number of hydrogen-bond acceptors (Lipinski definition) is 2. The monoisotopic (exact) mass is 360 g/mol. The lowest BCUT2D eigenvalue weighted by Gasteiger charge is -2.31. The molecule has 1 aliphatic carbocycles. The number of aryl methyl sites for hydroxylation is 1. The van der Waals surface area contributed by atoms with Gasteiger partial charge in [-0.15, -0.1) is 0 Å². The summed E-state index contributed by atoms with van der Waals surface area (Å²) >= 11 is 0. The van der Waals surface area contributed by atoms with Crippen LogP contribution in [0.1, 0.15) is 50.7 Å². The summed E-state index contributed by atoms with van der Waals surface area (Å²) < 4.78 is 0. The minimum absolute atomic E-state index is 0.0424. The molecule has 4 atom stereocenters. The Morgan fingerprint density at radius 1 is 1.23 bits per heavy atom. The fourth-order valence-electron chi connectivity index (χ4n) is 3.55. The van der Waals surface area contributed by atoms with E-state index in [0.717, 1.165) is 28.1 Å². The SMILES string of the molecule is Cc1cccc(NC(=O)C[NH+](C)[C@@H](C)C(=O)N[C@@H]2CCCC[C@@H]2C)c1C. The van der Waals surface area contributed by atoms with Crippen molar-refractivity contribution in [3.05, 3.63) is 29.3 Å². The molecular formula is C21H34N3O2+. The average Bonchev–Trinajstić information content (AvgIpc) is 2.60. The van der Waals surface area contributed by atoms with Crippen molar-refractivity contribution in [1.82, 2.24) is 5.32 Å². The molecule has 2 rings (SSSR count). The van der Waals surface area contributed by atoms with Crippen LogP contribution in [0.25, 0.3) is 0 Å². The molecule has 144 valence electrons. The van der Waals surface area contributed by atoms with Gasteiger partial charge in [0.15, 0.2) is 12.6 Å². The molecule has 0 heterocycles. The highest BCUT2D eigenvalue weighted by molar-refractivity contribution is 5.92. The maximum absolute atomic E-state index is 12.6. The molecule has 0 spiro atoms. The number of amides is 2. The molecule has 5 heteroatoms. The summed E-state index contributed by atoms with van der Waals surface area (Å²) in [7, 11) is 1.90. The fraction of sp³-hybridized carbons (Fsp3) is 0.619. The molecule has 0 radical (unpaired) electrons. The van der Waals surface area contributed by atoms with Gasteiger partial charge in [0.25, 0.3) is 11.8 Å². The Hall–Kier alpha value is -1.88. The smallest absolute Gasteiger partial charge is 0.279 e. The first-order chi connectivity index (χ1) is 12.3. The molecule has 3 N–H and O–H groups in total. The van der Waals surface area contributed by atoms with E-state index in [-0.39, 0.29) is 30.4 Å². The van der Waals surface area contributed by atoms with Gasteiger partial charge in [-0.2, -0.15) is 0 Å². The lowest BCUT2D eigenvalue weighted by atomic mass is 9.86. The van der Waals surface area contributed by atoms with Crippen molar-refractivity contribution in [2.45, 2.75) is 65.5 Å². The van der Waals surface area contributed by atoms with Gasteiger partial charge in [0, 0.05) is 11.7 Å². The summed E-state index contributed by atoms with van der Waals surface area (Å²) in [5.41, 5.74) is 3.07. The number of likely N-dealkylation sites (N-methyl/N-ethyl adjacent to an activating group) is 1. The van der Waals surface area contributed by atoms with E-state index in [9.17, 15) is 9.59 Å². The highest BCUT2D eigenvalue weighted by Crippen LogP contribution is 2.23. The van der Waals surface area contributed by atoms with Crippen LogP contribution in [0.4, 0.5) is 5.69 Å². The van der Waals surface area contributed by atoms with Crippen LogP contribution in [0.5, 0.6) is 0 Å². The number of rotatable bonds is 6. The highest BCUT2D eigenvalue weighted by atomic mass is 16.2. The van der Waals surface area contributed by atoms with E-state index in [1.807, 2.05) is 46.0 Å². The molecule has 0 bridgehead atoms.